The molecule has 74 valence electrons. The Kier molecular flexibility index (Phi) is 3.25. The van der Waals surface area contributed by atoms with Crippen LogP contribution in [0.2, 0.25) is 0 Å². The van der Waals surface area contributed by atoms with E-state index in [-0.39, 0.29) is 24.5 Å². The van der Waals surface area contributed by atoms with E-state index in [1.807, 2.05) is 0 Å². The van der Waals surface area contributed by atoms with Crippen molar-refractivity contribution < 1.29 is 14.7 Å². The molecule has 0 aromatic heterocycles. The number of hydrogen-bond donors (Lipinski definition) is 2. The second-order valence-electron chi connectivity index (χ2n) is 3.14. The highest BCUT2D eigenvalue weighted by atomic mass is 16.3. The summed E-state index contributed by atoms with van der Waals surface area (Å²) in [7, 11) is 1.61. The zero-order chi connectivity index (χ0) is 9.84. The van der Waals surface area contributed by atoms with E-state index < -0.39 is 0 Å². The minimum atomic E-state index is -0.385. The van der Waals surface area contributed by atoms with Crippen LogP contribution >= 0.6 is 0 Å². The highest BCUT2D eigenvalue weighted by Crippen LogP contribution is 2.08. The van der Waals surface area contributed by atoms with Crippen molar-refractivity contribution in [3.8, 4) is 0 Å². The van der Waals surface area contributed by atoms with Gasteiger partial charge in [0, 0.05) is 20.0 Å². The molecule has 1 saturated heterocycles. The summed E-state index contributed by atoms with van der Waals surface area (Å²) in [4.78, 5) is 23.7. The Morgan fingerprint density at radius 1 is 1.77 bits per heavy atom. The number of carbonyl (C=O) groups excluding carboxylic acids is 2. The zero-order valence-corrected chi connectivity index (χ0v) is 7.62. The van der Waals surface area contributed by atoms with Crippen LogP contribution < -0.4 is 5.32 Å². The standard InChI is InChI=1S/C8H14N2O3/c1-10(4-5-11)8(13)6-2-3-7(12)9-6/h6,11H,2-5H2,1H3,(H,9,12)/t6-/m1/s1. The number of hydrogen-bond acceptors (Lipinski definition) is 3. The fraction of sp³-hybridized carbons (Fsp3) is 0.750. The average Bonchev–Trinajstić information content (AvgIpc) is 2.51. The van der Waals surface area contributed by atoms with Crippen molar-refractivity contribution in [1.29, 1.82) is 0 Å². The minimum absolute atomic E-state index is 0.0527. The summed E-state index contributed by atoms with van der Waals surface area (Å²) in [5.74, 6) is -0.198. The van der Waals surface area contributed by atoms with Crippen LogP contribution in [0.5, 0.6) is 0 Å². The zero-order valence-electron chi connectivity index (χ0n) is 7.62. The summed E-state index contributed by atoms with van der Waals surface area (Å²) in [5, 5.41) is 11.2. The lowest BCUT2D eigenvalue weighted by atomic mass is 10.2. The Bertz CT molecular complexity index is 217. The molecule has 13 heavy (non-hydrogen) atoms. The van der Waals surface area contributed by atoms with Crippen molar-refractivity contribution >= 4 is 11.8 Å². The summed E-state index contributed by atoms with van der Waals surface area (Å²) < 4.78 is 0. The predicted molar refractivity (Wildman–Crippen MR) is 45.9 cm³/mol. The quantitative estimate of drug-likeness (QED) is 0.576. The van der Waals surface area contributed by atoms with E-state index in [0.717, 1.165) is 0 Å². The molecule has 0 spiro atoms. The van der Waals surface area contributed by atoms with Crippen molar-refractivity contribution in [3.63, 3.8) is 0 Å². The second kappa shape index (κ2) is 4.23. The number of carbonyl (C=O) groups is 2. The van der Waals surface area contributed by atoms with Crippen LogP contribution in [0.25, 0.3) is 0 Å². The first-order valence-electron chi connectivity index (χ1n) is 4.30. The molecule has 5 nitrogen and oxygen atoms in total. The molecule has 1 aliphatic heterocycles. The van der Waals surface area contributed by atoms with Gasteiger partial charge in [0.15, 0.2) is 0 Å². The molecule has 1 fully saturated rings. The van der Waals surface area contributed by atoms with Crippen LogP contribution in [0.1, 0.15) is 12.8 Å². The van der Waals surface area contributed by atoms with Gasteiger partial charge in [-0.25, -0.2) is 0 Å². The third-order valence-electron chi connectivity index (χ3n) is 2.11. The van der Waals surface area contributed by atoms with Gasteiger partial charge in [0.25, 0.3) is 0 Å². The molecule has 2 amide bonds. The van der Waals surface area contributed by atoms with Gasteiger partial charge in [-0.15, -0.1) is 0 Å². The molecular formula is C8H14N2O3. The molecule has 0 aromatic carbocycles. The molecule has 5 heteroatoms. The van der Waals surface area contributed by atoms with E-state index in [1.165, 1.54) is 4.90 Å². The van der Waals surface area contributed by atoms with E-state index in [2.05, 4.69) is 5.32 Å². The highest BCUT2D eigenvalue weighted by molar-refractivity contribution is 5.90. The smallest absolute Gasteiger partial charge is 0.244 e. The summed E-state index contributed by atoms with van der Waals surface area (Å²) >= 11 is 0. The molecule has 2 N–H and O–H groups in total. The number of nitrogens with one attached hydrogen (secondary N) is 1. The largest absolute Gasteiger partial charge is 0.395 e. The van der Waals surface area contributed by atoms with Crippen molar-refractivity contribution in [3.05, 3.63) is 0 Å². The molecule has 0 radical (unpaired) electrons. The molecule has 1 rings (SSSR count). The fourth-order valence-corrected chi connectivity index (χ4v) is 1.33. The van der Waals surface area contributed by atoms with Gasteiger partial charge in [0.1, 0.15) is 6.04 Å². The molecule has 1 heterocycles. The first kappa shape index (κ1) is 9.98. The van der Waals surface area contributed by atoms with E-state index in [0.29, 0.717) is 19.4 Å². The molecule has 0 saturated carbocycles. The number of amides is 2. The Morgan fingerprint density at radius 3 is 2.92 bits per heavy atom. The maximum atomic E-state index is 11.5. The first-order chi connectivity index (χ1) is 6.15. The number of nitrogens with zero attached hydrogens (tertiary/aromatic N) is 1. The minimum Gasteiger partial charge on any atom is -0.395 e. The molecule has 0 aliphatic carbocycles. The highest BCUT2D eigenvalue weighted by Gasteiger charge is 2.28. The van der Waals surface area contributed by atoms with Gasteiger partial charge in [-0.2, -0.15) is 0 Å². The van der Waals surface area contributed by atoms with E-state index >= 15 is 0 Å². The molecule has 1 atom stereocenters. The van der Waals surface area contributed by atoms with E-state index in [9.17, 15) is 9.59 Å². The maximum Gasteiger partial charge on any atom is 0.244 e. The average molecular weight is 186 g/mol. The van der Waals surface area contributed by atoms with Crippen molar-refractivity contribution in [2.45, 2.75) is 18.9 Å². The van der Waals surface area contributed by atoms with Gasteiger partial charge in [0.05, 0.1) is 6.61 Å². The molecule has 0 aromatic rings. The molecule has 0 unspecified atom stereocenters. The van der Waals surface area contributed by atoms with E-state index in [1.54, 1.807) is 7.05 Å². The normalized spacial score (nSPS) is 21.4. The molecule has 0 bridgehead atoms. The summed E-state index contributed by atoms with van der Waals surface area (Å²) in [6.45, 7) is 0.258. The SMILES string of the molecule is CN(CCO)C(=O)[C@H]1CCC(=O)N1. The number of likely N-dealkylation sites (N-methyl/N-ethyl adjacent to an activating group) is 1. The third kappa shape index (κ3) is 2.42. The third-order valence-corrected chi connectivity index (χ3v) is 2.11. The van der Waals surface area contributed by atoms with Crippen LogP contribution in [0.15, 0.2) is 0 Å². The maximum absolute atomic E-state index is 11.5. The van der Waals surface area contributed by atoms with Crippen molar-refractivity contribution in [2.24, 2.45) is 0 Å². The van der Waals surface area contributed by atoms with Crippen LogP contribution in [0.3, 0.4) is 0 Å². The van der Waals surface area contributed by atoms with Crippen LogP contribution in [-0.4, -0.2) is 48.1 Å². The second-order valence-corrected chi connectivity index (χ2v) is 3.14. The molecular weight excluding hydrogens is 172 g/mol. The van der Waals surface area contributed by atoms with Crippen LogP contribution in [-0.2, 0) is 9.59 Å². The van der Waals surface area contributed by atoms with Gasteiger partial charge < -0.3 is 15.3 Å². The predicted octanol–water partition coefficient (Wildman–Crippen LogP) is -1.28. The van der Waals surface area contributed by atoms with Gasteiger partial charge in [0.2, 0.25) is 11.8 Å². The number of rotatable bonds is 3. The lowest BCUT2D eigenvalue weighted by Crippen LogP contribution is -2.43. The summed E-state index contributed by atoms with van der Waals surface area (Å²) in [6.07, 6.45) is 0.983. The van der Waals surface area contributed by atoms with Crippen LogP contribution in [0.4, 0.5) is 0 Å². The van der Waals surface area contributed by atoms with Gasteiger partial charge in [-0.1, -0.05) is 0 Å². The first-order valence-corrected chi connectivity index (χ1v) is 4.30. The fourth-order valence-electron chi connectivity index (χ4n) is 1.33. The Labute approximate surface area is 76.7 Å². The monoisotopic (exact) mass is 186 g/mol. The van der Waals surface area contributed by atoms with Crippen molar-refractivity contribution in [2.75, 3.05) is 20.2 Å². The van der Waals surface area contributed by atoms with Crippen LogP contribution in [0, 0.1) is 0 Å². The van der Waals surface area contributed by atoms with E-state index in [4.69, 9.17) is 5.11 Å². The van der Waals surface area contributed by atoms with Gasteiger partial charge >= 0.3 is 0 Å². The number of aliphatic hydroxyl groups excluding tert-OH is 1. The molecule has 1 aliphatic rings. The van der Waals surface area contributed by atoms with Crippen molar-refractivity contribution in [1.82, 2.24) is 10.2 Å². The summed E-state index contributed by atoms with van der Waals surface area (Å²) in [6, 6.07) is -0.385. The number of aliphatic hydroxyl groups is 1. The lowest BCUT2D eigenvalue weighted by molar-refractivity contribution is -0.133. The Morgan fingerprint density at radius 2 is 2.46 bits per heavy atom. The summed E-state index contributed by atoms with van der Waals surface area (Å²) in [5.41, 5.74) is 0. The Hall–Kier alpha value is -1.10. The lowest BCUT2D eigenvalue weighted by Gasteiger charge is -2.19. The van der Waals surface area contributed by atoms with Gasteiger partial charge in [-0.05, 0) is 6.42 Å². The van der Waals surface area contributed by atoms with Gasteiger partial charge in [-0.3, -0.25) is 9.59 Å². The topological polar surface area (TPSA) is 69.6 Å². The Balaban J connectivity index is 2.43.